The normalized spacial score (nSPS) is 17.6. The minimum Gasteiger partial charge on any atom is -0.481 e. The van der Waals surface area contributed by atoms with Crippen LogP contribution in [0.1, 0.15) is 38.6 Å². The summed E-state index contributed by atoms with van der Waals surface area (Å²) in [6.07, 6.45) is 3.15. The minimum atomic E-state index is -1.01. The molecule has 1 atom stereocenters. The molecule has 1 heterocycles. The largest absolute Gasteiger partial charge is 0.481 e. The van der Waals surface area contributed by atoms with Crippen LogP contribution in [0.15, 0.2) is 11.6 Å². The van der Waals surface area contributed by atoms with E-state index in [0.717, 1.165) is 17.8 Å². The van der Waals surface area contributed by atoms with E-state index in [1.54, 1.807) is 27.0 Å². The molecule has 0 saturated heterocycles. The third kappa shape index (κ3) is 4.19. The topological polar surface area (TPSA) is 88.5 Å². The van der Waals surface area contributed by atoms with Crippen molar-refractivity contribution in [3.8, 4) is 0 Å². The van der Waals surface area contributed by atoms with Crippen LogP contribution in [0.5, 0.6) is 0 Å². The van der Waals surface area contributed by atoms with E-state index in [2.05, 4.69) is 10.3 Å². The summed E-state index contributed by atoms with van der Waals surface area (Å²) in [4.78, 5) is 27.9. The van der Waals surface area contributed by atoms with Crippen LogP contribution in [0.3, 0.4) is 0 Å². The maximum Gasteiger partial charge on any atom is 0.407 e. The predicted molar refractivity (Wildman–Crippen MR) is 82.8 cm³/mol. The average Bonchev–Trinajstić information content (AvgIpc) is 3.11. The Morgan fingerprint density at radius 3 is 2.59 bits per heavy atom. The molecule has 7 heteroatoms. The van der Waals surface area contributed by atoms with Crippen molar-refractivity contribution in [2.45, 2.75) is 45.6 Å². The molecular formula is C15H22N2O4S. The van der Waals surface area contributed by atoms with Crippen molar-refractivity contribution in [1.82, 2.24) is 10.3 Å². The van der Waals surface area contributed by atoms with Gasteiger partial charge in [0.2, 0.25) is 0 Å². The van der Waals surface area contributed by atoms with Crippen LogP contribution in [0.2, 0.25) is 0 Å². The highest BCUT2D eigenvalue weighted by Gasteiger charge is 2.51. The Morgan fingerprint density at radius 2 is 2.14 bits per heavy atom. The number of ether oxygens (including phenoxy) is 1. The van der Waals surface area contributed by atoms with Crippen LogP contribution >= 0.6 is 11.3 Å². The second-order valence-electron chi connectivity index (χ2n) is 6.69. The van der Waals surface area contributed by atoms with Gasteiger partial charge in [-0.1, -0.05) is 0 Å². The molecule has 122 valence electrons. The van der Waals surface area contributed by atoms with Crippen molar-refractivity contribution in [2.75, 3.05) is 6.54 Å². The Kier molecular flexibility index (Phi) is 4.75. The lowest BCUT2D eigenvalue weighted by molar-refractivity contribution is -0.150. The summed E-state index contributed by atoms with van der Waals surface area (Å²) in [7, 11) is 0. The van der Waals surface area contributed by atoms with E-state index < -0.39 is 23.1 Å². The molecule has 0 radical (unpaired) electrons. The number of carboxylic acids is 1. The highest BCUT2D eigenvalue weighted by Crippen LogP contribution is 2.47. The molecule has 2 N–H and O–H groups in total. The SMILES string of the molecule is CC(C)(C)OC(=O)NCC(Cc1nccs1)(C(=O)O)C1CC1. The zero-order valence-electron chi connectivity index (χ0n) is 13.1. The Bertz CT molecular complexity index is 534. The van der Waals surface area contributed by atoms with Crippen LogP contribution in [-0.2, 0) is 16.0 Å². The summed E-state index contributed by atoms with van der Waals surface area (Å²) in [5, 5.41) is 15.0. The minimum absolute atomic E-state index is 0.0570. The van der Waals surface area contributed by atoms with Gasteiger partial charge in [0, 0.05) is 24.5 Å². The van der Waals surface area contributed by atoms with Crippen LogP contribution in [-0.4, -0.2) is 34.3 Å². The number of carbonyl (C=O) groups excluding carboxylic acids is 1. The van der Waals surface area contributed by atoms with Crippen molar-refractivity contribution < 1.29 is 19.4 Å². The highest BCUT2D eigenvalue weighted by molar-refractivity contribution is 7.09. The quantitative estimate of drug-likeness (QED) is 0.839. The standard InChI is InChI=1S/C15H22N2O4S/c1-14(2,3)21-13(20)17-9-15(12(18)19,10-4-5-10)8-11-16-6-7-22-11/h6-7,10H,4-5,8-9H2,1-3H3,(H,17,20)(H,18,19). The molecule has 22 heavy (non-hydrogen) atoms. The van der Waals surface area contributed by atoms with E-state index >= 15 is 0 Å². The number of aliphatic carboxylic acids is 1. The Labute approximate surface area is 133 Å². The maximum atomic E-state index is 11.9. The summed E-state index contributed by atoms with van der Waals surface area (Å²) in [5.74, 6) is -0.815. The summed E-state index contributed by atoms with van der Waals surface area (Å²) < 4.78 is 5.19. The van der Waals surface area contributed by atoms with E-state index in [1.807, 2.05) is 5.38 Å². The molecule has 0 bridgehead atoms. The lowest BCUT2D eigenvalue weighted by Crippen LogP contribution is -2.47. The maximum absolute atomic E-state index is 11.9. The summed E-state index contributed by atoms with van der Waals surface area (Å²) >= 11 is 1.44. The molecule has 1 aliphatic rings. The second kappa shape index (κ2) is 6.24. The molecular weight excluding hydrogens is 304 g/mol. The van der Waals surface area contributed by atoms with Gasteiger partial charge in [0.1, 0.15) is 5.60 Å². The van der Waals surface area contributed by atoms with Gasteiger partial charge in [-0.15, -0.1) is 11.3 Å². The predicted octanol–water partition coefficient (Wildman–Crippen LogP) is 2.69. The molecule has 0 aromatic carbocycles. The Balaban J connectivity index is 2.08. The van der Waals surface area contributed by atoms with Crippen LogP contribution in [0, 0.1) is 11.3 Å². The fraction of sp³-hybridized carbons (Fsp3) is 0.667. The third-order valence-corrected chi connectivity index (χ3v) is 4.46. The van der Waals surface area contributed by atoms with E-state index in [4.69, 9.17) is 4.74 Å². The third-order valence-electron chi connectivity index (χ3n) is 3.68. The fourth-order valence-electron chi connectivity index (χ4n) is 2.47. The van der Waals surface area contributed by atoms with Gasteiger partial charge in [-0.3, -0.25) is 4.79 Å². The van der Waals surface area contributed by atoms with Gasteiger partial charge >= 0.3 is 12.1 Å². The van der Waals surface area contributed by atoms with Gasteiger partial charge < -0.3 is 15.2 Å². The van der Waals surface area contributed by atoms with E-state index in [0.29, 0.717) is 6.42 Å². The first-order valence-corrected chi connectivity index (χ1v) is 8.19. The first-order chi connectivity index (χ1) is 10.2. The fourth-order valence-corrected chi connectivity index (χ4v) is 3.21. The number of hydrogen-bond acceptors (Lipinski definition) is 5. The number of alkyl carbamates (subject to hydrolysis) is 1. The smallest absolute Gasteiger partial charge is 0.407 e. The van der Waals surface area contributed by atoms with Crippen LogP contribution in [0.25, 0.3) is 0 Å². The Hall–Kier alpha value is -1.63. The van der Waals surface area contributed by atoms with Crippen molar-refractivity contribution >= 4 is 23.4 Å². The zero-order valence-corrected chi connectivity index (χ0v) is 13.9. The summed E-state index contributed by atoms with van der Waals surface area (Å²) in [5.41, 5.74) is -1.61. The molecule has 1 aliphatic carbocycles. The first-order valence-electron chi connectivity index (χ1n) is 7.31. The average molecular weight is 326 g/mol. The van der Waals surface area contributed by atoms with Crippen LogP contribution < -0.4 is 5.32 Å². The van der Waals surface area contributed by atoms with Gasteiger partial charge in [-0.2, -0.15) is 0 Å². The number of nitrogens with zero attached hydrogens (tertiary/aromatic N) is 1. The summed E-state index contributed by atoms with van der Waals surface area (Å²) in [6.45, 7) is 5.37. The van der Waals surface area contributed by atoms with Crippen molar-refractivity contribution in [3.63, 3.8) is 0 Å². The van der Waals surface area contributed by atoms with Gasteiger partial charge in [-0.05, 0) is 39.5 Å². The number of thiazole rings is 1. The highest BCUT2D eigenvalue weighted by atomic mass is 32.1. The van der Waals surface area contributed by atoms with Gasteiger partial charge in [-0.25, -0.2) is 9.78 Å². The lowest BCUT2D eigenvalue weighted by Gasteiger charge is -2.29. The summed E-state index contributed by atoms with van der Waals surface area (Å²) in [6, 6.07) is 0. The molecule has 6 nitrogen and oxygen atoms in total. The number of carbonyl (C=O) groups is 2. The zero-order chi connectivity index (χ0) is 16.4. The van der Waals surface area contributed by atoms with Crippen LogP contribution in [0.4, 0.5) is 4.79 Å². The number of nitrogens with one attached hydrogen (secondary N) is 1. The molecule has 2 rings (SSSR count). The molecule has 0 aliphatic heterocycles. The van der Waals surface area contributed by atoms with Gasteiger partial charge in [0.25, 0.3) is 0 Å². The number of rotatable bonds is 6. The lowest BCUT2D eigenvalue weighted by atomic mass is 9.79. The van der Waals surface area contributed by atoms with Gasteiger partial charge in [0.15, 0.2) is 0 Å². The number of aromatic nitrogens is 1. The number of hydrogen-bond donors (Lipinski definition) is 2. The first kappa shape index (κ1) is 16.7. The van der Waals surface area contributed by atoms with Crippen molar-refractivity contribution in [3.05, 3.63) is 16.6 Å². The Morgan fingerprint density at radius 1 is 1.45 bits per heavy atom. The molecule has 0 spiro atoms. The number of amides is 1. The van der Waals surface area contributed by atoms with Gasteiger partial charge in [0.05, 0.1) is 10.4 Å². The molecule has 1 aromatic heterocycles. The molecule has 1 saturated carbocycles. The number of carboxylic acid groups (broad SMARTS) is 1. The second-order valence-corrected chi connectivity index (χ2v) is 7.67. The molecule has 1 amide bonds. The van der Waals surface area contributed by atoms with Crippen molar-refractivity contribution in [1.29, 1.82) is 0 Å². The molecule has 1 fully saturated rings. The van der Waals surface area contributed by atoms with E-state index in [-0.39, 0.29) is 12.5 Å². The monoisotopic (exact) mass is 326 g/mol. The molecule has 1 aromatic rings. The molecule has 1 unspecified atom stereocenters. The van der Waals surface area contributed by atoms with Crippen molar-refractivity contribution in [2.24, 2.45) is 11.3 Å². The van der Waals surface area contributed by atoms with E-state index in [9.17, 15) is 14.7 Å². The van der Waals surface area contributed by atoms with E-state index in [1.165, 1.54) is 11.3 Å².